The Balaban J connectivity index is 2.16. The molecule has 0 aromatic rings. The Morgan fingerprint density at radius 2 is 2.38 bits per heavy atom. The number of rotatable bonds is 4. The van der Waals surface area contributed by atoms with Crippen LogP contribution in [-0.2, 0) is 9.47 Å². The SMILES string of the molecule is CCCNC(=O)OC(=N)CC1CCCCO1. The van der Waals surface area contributed by atoms with Crippen molar-refractivity contribution < 1.29 is 14.3 Å². The van der Waals surface area contributed by atoms with Crippen LogP contribution in [0.1, 0.15) is 39.0 Å². The zero-order valence-corrected chi connectivity index (χ0v) is 9.75. The van der Waals surface area contributed by atoms with Crippen LogP contribution in [0.2, 0.25) is 0 Å². The summed E-state index contributed by atoms with van der Waals surface area (Å²) in [7, 11) is 0. The molecule has 92 valence electrons. The molecule has 1 saturated heterocycles. The van der Waals surface area contributed by atoms with Crippen LogP contribution >= 0.6 is 0 Å². The van der Waals surface area contributed by atoms with Gasteiger partial charge in [-0.3, -0.25) is 5.41 Å². The van der Waals surface area contributed by atoms with Gasteiger partial charge in [0, 0.05) is 13.2 Å². The van der Waals surface area contributed by atoms with Crippen molar-refractivity contribution in [3.63, 3.8) is 0 Å². The first-order valence-corrected chi connectivity index (χ1v) is 5.87. The van der Waals surface area contributed by atoms with E-state index < -0.39 is 6.09 Å². The second-order valence-electron chi connectivity index (χ2n) is 3.93. The lowest BCUT2D eigenvalue weighted by Gasteiger charge is -2.22. The van der Waals surface area contributed by atoms with Crippen LogP contribution in [0, 0.1) is 5.41 Å². The lowest BCUT2D eigenvalue weighted by atomic mass is 10.1. The maximum absolute atomic E-state index is 11.1. The largest absolute Gasteiger partial charge is 0.413 e. The molecule has 5 nitrogen and oxygen atoms in total. The molecular formula is C11H20N2O3. The highest BCUT2D eigenvalue weighted by Gasteiger charge is 2.17. The number of alkyl carbamates (subject to hydrolysis) is 1. The molecule has 0 spiro atoms. The molecule has 0 saturated carbocycles. The summed E-state index contributed by atoms with van der Waals surface area (Å²) in [6, 6.07) is 0. The minimum absolute atomic E-state index is 0.0134. The van der Waals surface area contributed by atoms with E-state index in [1.165, 1.54) is 0 Å². The second kappa shape index (κ2) is 7.22. The van der Waals surface area contributed by atoms with Gasteiger partial charge in [0.1, 0.15) is 0 Å². The van der Waals surface area contributed by atoms with Crippen molar-refractivity contribution in [2.24, 2.45) is 0 Å². The standard InChI is InChI=1S/C11H20N2O3/c1-2-6-13-11(14)16-10(12)8-9-5-3-4-7-15-9/h9,12H,2-8H2,1H3,(H,13,14). The average molecular weight is 228 g/mol. The smallest absolute Gasteiger partial charge is 0.396 e. The highest BCUT2D eigenvalue weighted by atomic mass is 16.6. The summed E-state index contributed by atoms with van der Waals surface area (Å²) >= 11 is 0. The van der Waals surface area contributed by atoms with E-state index >= 15 is 0 Å². The average Bonchev–Trinajstić information content (AvgIpc) is 2.27. The van der Waals surface area contributed by atoms with Crippen molar-refractivity contribution in [3.05, 3.63) is 0 Å². The van der Waals surface area contributed by atoms with E-state index in [0.717, 1.165) is 32.3 Å². The maximum Gasteiger partial charge on any atom is 0.413 e. The summed E-state index contributed by atoms with van der Waals surface area (Å²) in [6.45, 7) is 3.29. The molecular weight excluding hydrogens is 208 g/mol. The Morgan fingerprint density at radius 3 is 3.00 bits per heavy atom. The number of carbonyl (C=O) groups is 1. The quantitative estimate of drug-likeness (QED) is 0.571. The van der Waals surface area contributed by atoms with Gasteiger partial charge < -0.3 is 14.8 Å². The lowest BCUT2D eigenvalue weighted by Crippen LogP contribution is -2.30. The Hall–Kier alpha value is -1.10. The molecule has 0 bridgehead atoms. The molecule has 1 unspecified atom stereocenters. The van der Waals surface area contributed by atoms with Crippen molar-refractivity contribution in [1.82, 2.24) is 5.32 Å². The van der Waals surface area contributed by atoms with Gasteiger partial charge in [-0.25, -0.2) is 4.79 Å². The van der Waals surface area contributed by atoms with Gasteiger partial charge in [-0.2, -0.15) is 0 Å². The van der Waals surface area contributed by atoms with E-state index in [4.69, 9.17) is 14.9 Å². The Morgan fingerprint density at radius 1 is 1.56 bits per heavy atom. The summed E-state index contributed by atoms with van der Waals surface area (Å²) < 4.78 is 10.3. The highest BCUT2D eigenvalue weighted by Crippen LogP contribution is 2.15. The van der Waals surface area contributed by atoms with Crippen LogP contribution in [0.5, 0.6) is 0 Å². The zero-order valence-electron chi connectivity index (χ0n) is 9.75. The number of hydrogen-bond acceptors (Lipinski definition) is 4. The monoisotopic (exact) mass is 228 g/mol. The van der Waals surface area contributed by atoms with Crippen molar-refractivity contribution in [2.45, 2.75) is 45.1 Å². The number of carbonyl (C=O) groups excluding carboxylic acids is 1. The predicted octanol–water partition coefficient (Wildman–Crippen LogP) is 2.06. The fourth-order valence-electron chi connectivity index (χ4n) is 1.59. The molecule has 1 fully saturated rings. The van der Waals surface area contributed by atoms with Crippen LogP contribution in [0.15, 0.2) is 0 Å². The first-order chi connectivity index (χ1) is 7.72. The summed E-state index contributed by atoms with van der Waals surface area (Å²) in [6.07, 6.45) is 3.90. The first kappa shape index (κ1) is 13.0. The van der Waals surface area contributed by atoms with Crippen LogP contribution in [-0.4, -0.2) is 31.2 Å². The van der Waals surface area contributed by atoms with Crippen LogP contribution < -0.4 is 5.32 Å². The maximum atomic E-state index is 11.1. The molecule has 0 aromatic carbocycles. The Bertz CT molecular complexity index is 237. The normalized spacial score (nSPS) is 20.2. The molecule has 0 aromatic heterocycles. The fraction of sp³-hybridized carbons (Fsp3) is 0.818. The zero-order chi connectivity index (χ0) is 11.8. The van der Waals surface area contributed by atoms with E-state index in [9.17, 15) is 4.79 Å². The molecule has 1 aliphatic rings. The Labute approximate surface area is 96.0 Å². The van der Waals surface area contributed by atoms with Crippen molar-refractivity contribution in [3.8, 4) is 0 Å². The fourth-order valence-corrected chi connectivity index (χ4v) is 1.59. The minimum Gasteiger partial charge on any atom is -0.396 e. The molecule has 1 rings (SSSR count). The van der Waals surface area contributed by atoms with Gasteiger partial charge in [0.15, 0.2) is 5.90 Å². The molecule has 0 radical (unpaired) electrons. The third-order valence-electron chi connectivity index (χ3n) is 2.42. The van der Waals surface area contributed by atoms with Gasteiger partial charge in [0.25, 0.3) is 0 Å². The topological polar surface area (TPSA) is 71.4 Å². The Kier molecular flexibility index (Phi) is 5.85. The van der Waals surface area contributed by atoms with E-state index in [-0.39, 0.29) is 12.0 Å². The lowest BCUT2D eigenvalue weighted by molar-refractivity contribution is 0.0186. The van der Waals surface area contributed by atoms with Crippen molar-refractivity contribution in [1.29, 1.82) is 5.41 Å². The van der Waals surface area contributed by atoms with E-state index in [2.05, 4.69) is 5.32 Å². The van der Waals surface area contributed by atoms with Crippen LogP contribution in [0.4, 0.5) is 4.79 Å². The molecule has 1 heterocycles. The van der Waals surface area contributed by atoms with Crippen molar-refractivity contribution >= 4 is 12.0 Å². The van der Waals surface area contributed by atoms with E-state index in [1.807, 2.05) is 6.92 Å². The van der Waals surface area contributed by atoms with Gasteiger partial charge in [-0.1, -0.05) is 6.92 Å². The predicted molar refractivity (Wildman–Crippen MR) is 60.7 cm³/mol. The molecule has 5 heteroatoms. The molecule has 1 aliphatic heterocycles. The molecule has 1 amide bonds. The molecule has 1 atom stereocenters. The van der Waals surface area contributed by atoms with Gasteiger partial charge >= 0.3 is 6.09 Å². The minimum atomic E-state index is -0.539. The molecule has 16 heavy (non-hydrogen) atoms. The summed E-state index contributed by atoms with van der Waals surface area (Å²) in [5.41, 5.74) is 0. The van der Waals surface area contributed by atoms with Crippen molar-refractivity contribution in [2.75, 3.05) is 13.2 Å². The number of nitrogens with one attached hydrogen (secondary N) is 2. The molecule has 2 N–H and O–H groups in total. The van der Waals surface area contributed by atoms with Gasteiger partial charge in [0.05, 0.1) is 12.5 Å². The summed E-state index contributed by atoms with van der Waals surface area (Å²) in [4.78, 5) is 11.1. The highest BCUT2D eigenvalue weighted by molar-refractivity contribution is 5.86. The van der Waals surface area contributed by atoms with E-state index in [0.29, 0.717) is 13.0 Å². The molecule has 0 aliphatic carbocycles. The number of hydrogen-bond donors (Lipinski definition) is 2. The third kappa shape index (κ3) is 5.11. The van der Waals surface area contributed by atoms with Gasteiger partial charge in [-0.05, 0) is 25.7 Å². The van der Waals surface area contributed by atoms with Crippen LogP contribution in [0.3, 0.4) is 0 Å². The van der Waals surface area contributed by atoms with Gasteiger partial charge in [0.2, 0.25) is 0 Å². The summed E-state index contributed by atoms with van der Waals surface area (Å²) in [5, 5.41) is 10.1. The first-order valence-electron chi connectivity index (χ1n) is 5.87. The third-order valence-corrected chi connectivity index (χ3v) is 2.42. The van der Waals surface area contributed by atoms with Gasteiger partial charge in [-0.15, -0.1) is 0 Å². The van der Waals surface area contributed by atoms with E-state index in [1.54, 1.807) is 0 Å². The number of amides is 1. The second-order valence-corrected chi connectivity index (χ2v) is 3.93. The summed E-state index contributed by atoms with van der Waals surface area (Å²) in [5.74, 6) is -0.0134. The van der Waals surface area contributed by atoms with Crippen LogP contribution in [0.25, 0.3) is 0 Å². The number of ether oxygens (including phenoxy) is 2.